The third-order valence-electron chi connectivity index (χ3n) is 6.55. The maximum absolute atomic E-state index is 11.7. The second-order valence-corrected chi connectivity index (χ2v) is 9.33. The van der Waals surface area contributed by atoms with E-state index in [1.807, 2.05) is 18.2 Å². The SMILES string of the molecule is CN(C)CC1CCC(Cc2nc(NCc3cccc4ccccc34)nc(N)c2[N+](=O)[O-])CC1. The molecule has 0 aliphatic heterocycles. The molecule has 0 amide bonds. The van der Waals surface area contributed by atoms with Crippen LogP contribution in [0.3, 0.4) is 0 Å². The summed E-state index contributed by atoms with van der Waals surface area (Å²) in [5.41, 5.74) is 7.41. The number of nitrogens with zero attached hydrogens (tertiary/aromatic N) is 4. The quantitative estimate of drug-likeness (QED) is 0.381. The lowest BCUT2D eigenvalue weighted by Gasteiger charge is -2.30. The number of hydrogen-bond acceptors (Lipinski definition) is 7. The molecular formula is C25H32N6O2. The van der Waals surface area contributed by atoms with Crippen LogP contribution < -0.4 is 11.1 Å². The van der Waals surface area contributed by atoms with Gasteiger partial charge in [-0.1, -0.05) is 42.5 Å². The average molecular weight is 449 g/mol. The Morgan fingerprint density at radius 2 is 1.76 bits per heavy atom. The zero-order valence-electron chi connectivity index (χ0n) is 19.3. The fourth-order valence-electron chi connectivity index (χ4n) is 4.97. The first-order valence-corrected chi connectivity index (χ1v) is 11.6. The molecule has 0 atom stereocenters. The van der Waals surface area contributed by atoms with Gasteiger partial charge in [-0.2, -0.15) is 4.98 Å². The van der Waals surface area contributed by atoms with E-state index in [9.17, 15) is 10.1 Å². The molecular weight excluding hydrogens is 416 g/mol. The lowest BCUT2D eigenvalue weighted by Crippen LogP contribution is -2.26. The van der Waals surface area contributed by atoms with Crippen LogP contribution in [-0.2, 0) is 13.0 Å². The molecule has 174 valence electrons. The highest BCUT2D eigenvalue weighted by atomic mass is 16.6. The van der Waals surface area contributed by atoms with Crippen molar-refractivity contribution in [3.63, 3.8) is 0 Å². The fraction of sp³-hybridized carbons (Fsp3) is 0.440. The van der Waals surface area contributed by atoms with Crippen molar-refractivity contribution in [3.05, 3.63) is 63.8 Å². The van der Waals surface area contributed by atoms with E-state index >= 15 is 0 Å². The summed E-state index contributed by atoms with van der Waals surface area (Å²) in [6, 6.07) is 14.3. The molecule has 8 heteroatoms. The third-order valence-corrected chi connectivity index (χ3v) is 6.55. The van der Waals surface area contributed by atoms with Crippen molar-refractivity contribution in [2.75, 3.05) is 31.7 Å². The Hall–Kier alpha value is -3.26. The standard InChI is InChI=1S/C25H32N6O2/c1-30(2)16-18-12-10-17(11-13-18)14-22-23(31(32)33)24(26)29-25(28-22)27-15-20-8-5-7-19-6-3-4-9-21(19)20/h3-9,17-18H,10-16H2,1-2H3,(H3,26,27,28,29). The minimum absolute atomic E-state index is 0.0771. The molecule has 1 saturated carbocycles. The van der Waals surface area contributed by atoms with Crippen molar-refractivity contribution in [1.29, 1.82) is 0 Å². The highest BCUT2D eigenvalue weighted by molar-refractivity contribution is 5.85. The van der Waals surface area contributed by atoms with E-state index in [4.69, 9.17) is 5.73 Å². The maximum Gasteiger partial charge on any atom is 0.332 e. The number of nitrogens with one attached hydrogen (secondary N) is 1. The molecule has 0 saturated heterocycles. The van der Waals surface area contributed by atoms with E-state index < -0.39 is 4.92 Å². The molecule has 0 unspecified atom stereocenters. The summed E-state index contributed by atoms with van der Waals surface area (Å²) in [6.45, 7) is 1.60. The van der Waals surface area contributed by atoms with Gasteiger partial charge >= 0.3 is 5.69 Å². The molecule has 4 rings (SSSR count). The van der Waals surface area contributed by atoms with E-state index in [1.165, 1.54) is 0 Å². The number of fused-ring (bicyclic) bond motifs is 1. The second kappa shape index (κ2) is 10.1. The lowest BCUT2D eigenvalue weighted by molar-refractivity contribution is -0.385. The van der Waals surface area contributed by atoms with Gasteiger partial charge in [-0.05, 0) is 74.4 Å². The van der Waals surface area contributed by atoms with E-state index in [1.54, 1.807) is 0 Å². The molecule has 1 aromatic heterocycles. The van der Waals surface area contributed by atoms with Crippen molar-refractivity contribution in [3.8, 4) is 0 Å². The molecule has 0 radical (unpaired) electrons. The van der Waals surface area contributed by atoms with Crippen LogP contribution in [0.5, 0.6) is 0 Å². The van der Waals surface area contributed by atoms with Gasteiger partial charge < -0.3 is 16.0 Å². The van der Waals surface area contributed by atoms with Crippen LogP contribution in [-0.4, -0.2) is 40.4 Å². The maximum atomic E-state index is 11.7. The Morgan fingerprint density at radius 3 is 2.48 bits per heavy atom. The molecule has 3 aromatic rings. The summed E-state index contributed by atoms with van der Waals surface area (Å²) in [7, 11) is 4.21. The van der Waals surface area contributed by atoms with Crippen LogP contribution in [0, 0.1) is 22.0 Å². The van der Waals surface area contributed by atoms with Gasteiger partial charge in [0.15, 0.2) is 0 Å². The van der Waals surface area contributed by atoms with Gasteiger partial charge in [0.25, 0.3) is 0 Å². The highest BCUT2D eigenvalue weighted by Crippen LogP contribution is 2.34. The fourth-order valence-corrected chi connectivity index (χ4v) is 4.97. The van der Waals surface area contributed by atoms with E-state index in [0.717, 1.165) is 48.6 Å². The summed E-state index contributed by atoms with van der Waals surface area (Å²) in [5, 5.41) is 17.3. The zero-order chi connectivity index (χ0) is 23.4. The number of hydrogen-bond donors (Lipinski definition) is 2. The van der Waals surface area contributed by atoms with E-state index in [0.29, 0.717) is 36.4 Å². The summed E-state index contributed by atoms with van der Waals surface area (Å²) >= 11 is 0. The minimum atomic E-state index is -0.448. The zero-order valence-corrected chi connectivity index (χ0v) is 19.3. The van der Waals surface area contributed by atoms with Crippen LogP contribution in [0.15, 0.2) is 42.5 Å². The molecule has 8 nitrogen and oxygen atoms in total. The van der Waals surface area contributed by atoms with Gasteiger partial charge in [-0.15, -0.1) is 0 Å². The Kier molecular flexibility index (Phi) is 7.03. The number of benzene rings is 2. The van der Waals surface area contributed by atoms with Gasteiger partial charge in [0, 0.05) is 13.1 Å². The Bertz CT molecular complexity index is 1120. The number of aromatic nitrogens is 2. The van der Waals surface area contributed by atoms with Gasteiger partial charge in [-0.3, -0.25) is 10.1 Å². The molecule has 1 aliphatic rings. The van der Waals surface area contributed by atoms with Gasteiger partial charge in [0.2, 0.25) is 11.8 Å². The van der Waals surface area contributed by atoms with Gasteiger partial charge in [0.05, 0.1) is 4.92 Å². The normalized spacial score (nSPS) is 18.5. The number of nitrogen functional groups attached to an aromatic ring is 1. The highest BCUT2D eigenvalue weighted by Gasteiger charge is 2.28. The topological polar surface area (TPSA) is 110 Å². The first-order chi connectivity index (χ1) is 15.9. The smallest absolute Gasteiger partial charge is 0.332 e. The molecule has 0 spiro atoms. The van der Waals surface area contributed by atoms with Crippen LogP contribution in [0.25, 0.3) is 10.8 Å². The number of nitrogens with two attached hydrogens (primary N) is 1. The average Bonchev–Trinajstić information content (AvgIpc) is 2.78. The summed E-state index contributed by atoms with van der Waals surface area (Å²) in [5.74, 6) is 1.33. The van der Waals surface area contributed by atoms with Crippen LogP contribution >= 0.6 is 0 Å². The van der Waals surface area contributed by atoms with Crippen molar-refractivity contribution >= 4 is 28.2 Å². The molecule has 3 N–H and O–H groups in total. The summed E-state index contributed by atoms with van der Waals surface area (Å²) in [4.78, 5) is 22.3. The summed E-state index contributed by atoms with van der Waals surface area (Å²) < 4.78 is 0. The van der Waals surface area contributed by atoms with Crippen LogP contribution in [0.1, 0.15) is 36.9 Å². The Balaban J connectivity index is 1.50. The predicted molar refractivity (Wildman–Crippen MR) is 132 cm³/mol. The lowest BCUT2D eigenvalue weighted by atomic mass is 9.79. The van der Waals surface area contributed by atoms with E-state index in [-0.39, 0.29) is 11.5 Å². The van der Waals surface area contributed by atoms with Crippen molar-refractivity contribution in [1.82, 2.24) is 14.9 Å². The summed E-state index contributed by atoms with van der Waals surface area (Å²) in [6.07, 6.45) is 4.95. The monoisotopic (exact) mass is 448 g/mol. The molecule has 2 aromatic carbocycles. The molecule has 0 bridgehead atoms. The van der Waals surface area contributed by atoms with Gasteiger partial charge in [0.1, 0.15) is 5.69 Å². The molecule has 1 heterocycles. The first kappa shape index (κ1) is 22.9. The van der Waals surface area contributed by atoms with Crippen molar-refractivity contribution < 1.29 is 4.92 Å². The minimum Gasteiger partial charge on any atom is -0.378 e. The largest absolute Gasteiger partial charge is 0.378 e. The van der Waals surface area contributed by atoms with Crippen LogP contribution in [0.4, 0.5) is 17.5 Å². The Labute approximate surface area is 194 Å². The number of rotatable bonds is 8. The predicted octanol–water partition coefficient (Wildman–Crippen LogP) is 4.64. The van der Waals surface area contributed by atoms with Gasteiger partial charge in [-0.25, -0.2) is 4.98 Å². The van der Waals surface area contributed by atoms with E-state index in [2.05, 4.69) is 58.5 Å². The Morgan fingerprint density at radius 1 is 1.06 bits per heavy atom. The first-order valence-electron chi connectivity index (χ1n) is 11.6. The van der Waals surface area contributed by atoms with Crippen molar-refractivity contribution in [2.45, 2.75) is 38.6 Å². The second-order valence-electron chi connectivity index (χ2n) is 9.33. The number of anilines is 2. The van der Waals surface area contributed by atoms with Crippen molar-refractivity contribution in [2.24, 2.45) is 11.8 Å². The number of nitro groups is 1. The molecule has 33 heavy (non-hydrogen) atoms. The third kappa shape index (κ3) is 5.57. The molecule has 1 aliphatic carbocycles. The van der Waals surface area contributed by atoms with Crippen LogP contribution in [0.2, 0.25) is 0 Å². The molecule has 1 fully saturated rings.